The monoisotopic (exact) mass is 592 g/mol. The van der Waals surface area contributed by atoms with Gasteiger partial charge in [-0.2, -0.15) is 0 Å². The van der Waals surface area contributed by atoms with Crippen LogP contribution in [-0.2, 0) is 5.41 Å². The summed E-state index contributed by atoms with van der Waals surface area (Å²) in [5.74, 6) is 0. The van der Waals surface area contributed by atoms with E-state index >= 15 is 0 Å². The smallest absolute Gasteiger partial charge is 0.104 e. The van der Waals surface area contributed by atoms with Crippen molar-refractivity contribution in [1.29, 1.82) is 0 Å². The second-order valence-corrected chi connectivity index (χ2v) is 12.4. The van der Waals surface area contributed by atoms with Crippen LogP contribution in [0.3, 0.4) is 0 Å². The second kappa shape index (κ2) is 10.2. The summed E-state index contributed by atoms with van der Waals surface area (Å²) >= 11 is 0. The van der Waals surface area contributed by atoms with Crippen LogP contribution in [0.2, 0.25) is 0 Å². The third kappa shape index (κ3) is 3.76. The number of hydrogen-bond acceptors (Lipinski definition) is 1. The maximum absolute atomic E-state index is 11.2. The molecule has 9 rings (SSSR count). The van der Waals surface area contributed by atoms with Gasteiger partial charge in [0.25, 0.3) is 0 Å². The van der Waals surface area contributed by atoms with Gasteiger partial charge >= 0.3 is 0 Å². The molecule has 8 aromatic rings. The van der Waals surface area contributed by atoms with Gasteiger partial charge in [-0.25, -0.2) is 0 Å². The summed E-state index contributed by atoms with van der Waals surface area (Å²) in [7, 11) is 0. The van der Waals surface area contributed by atoms with Crippen molar-refractivity contribution in [3.05, 3.63) is 197 Å². The lowest BCUT2D eigenvalue weighted by atomic mass is 9.67. The van der Waals surface area contributed by atoms with Gasteiger partial charge in [-0.3, -0.25) is 0 Å². The summed E-state index contributed by atoms with van der Waals surface area (Å²) in [5, 5.41) is 13.6. The Morgan fingerprint density at radius 2 is 1.13 bits per heavy atom. The lowest BCUT2D eigenvalue weighted by Gasteiger charge is -2.32. The largest absolute Gasteiger partial charge is 0.384 e. The Labute approximate surface area is 268 Å². The fraction of sp³-hybridized carbons (Fsp3) is 0.0698. The van der Waals surface area contributed by atoms with Crippen molar-refractivity contribution in [2.75, 3.05) is 0 Å². The van der Waals surface area contributed by atoms with Gasteiger partial charge in [0.2, 0.25) is 0 Å². The van der Waals surface area contributed by atoms with E-state index in [1.54, 1.807) is 0 Å². The first-order valence-electron chi connectivity index (χ1n) is 15.9. The summed E-state index contributed by atoms with van der Waals surface area (Å²) in [6, 6.07) is 51.6. The van der Waals surface area contributed by atoms with Gasteiger partial charge in [0.15, 0.2) is 0 Å². The average molecular weight is 593 g/mol. The minimum absolute atomic E-state index is 0.542. The molecule has 2 N–H and O–H groups in total. The summed E-state index contributed by atoms with van der Waals surface area (Å²) in [5.41, 5.74) is 13.4. The highest BCUT2D eigenvalue weighted by atomic mass is 16.3. The molecule has 1 atom stereocenters. The Bertz CT molecular complexity index is 2350. The number of aliphatic hydroxyl groups is 1. The number of benzene rings is 6. The molecule has 0 aliphatic heterocycles. The lowest BCUT2D eigenvalue weighted by Crippen LogP contribution is -2.28. The molecule has 0 spiro atoms. The van der Waals surface area contributed by atoms with Crippen LogP contribution in [-0.4, -0.2) is 14.7 Å². The number of aryl methyl sites for hydroxylation is 1. The van der Waals surface area contributed by atoms with Crippen LogP contribution in [0.5, 0.6) is 0 Å². The normalized spacial score (nSPS) is 14.0. The Hall–Kier alpha value is -5.64. The quantitative estimate of drug-likeness (QED) is 0.205. The Morgan fingerprint density at radius 3 is 1.83 bits per heavy atom. The van der Waals surface area contributed by atoms with Gasteiger partial charge in [0.05, 0.1) is 10.9 Å². The molecule has 1 unspecified atom stereocenters. The summed E-state index contributed by atoms with van der Waals surface area (Å²) in [6.07, 6.45) is 3.89. The third-order valence-electron chi connectivity index (χ3n) is 9.94. The lowest BCUT2D eigenvalue weighted by molar-refractivity contribution is 0.220. The first-order valence-corrected chi connectivity index (χ1v) is 15.9. The summed E-state index contributed by atoms with van der Waals surface area (Å²) < 4.78 is 2.31. The molecule has 0 radical (unpaired) electrons. The summed E-state index contributed by atoms with van der Waals surface area (Å²) in [4.78, 5) is 3.61. The van der Waals surface area contributed by atoms with Crippen molar-refractivity contribution >= 4 is 21.8 Å². The molecule has 220 valence electrons. The van der Waals surface area contributed by atoms with Gasteiger partial charge in [-0.1, -0.05) is 127 Å². The zero-order chi connectivity index (χ0) is 30.8. The number of fused-ring (bicyclic) bond motifs is 5. The first kappa shape index (κ1) is 26.7. The van der Waals surface area contributed by atoms with Crippen LogP contribution in [0.1, 0.15) is 45.0 Å². The van der Waals surface area contributed by atoms with Crippen molar-refractivity contribution in [3.8, 4) is 16.8 Å². The van der Waals surface area contributed by atoms with Crippen LogP contribution < -0.4 is 0 Å². The van der Waals surface area contributed by atoms with Crippen LogP contribution >= 0.6 is 0 Å². The van der Waals surface area contributed by atoms with Gasteiger partial charge < -0.3 is 14.7 Å². The standard InChI is InChI=1S/C43H32N2O/c1-28-18-20-29(21-19-28)42(46)30-22-24-31(25-23-30)45-27-39(35-13-5-9-17-41(35)45)43(38-26-44-40-16-8-4-12-34(38)40)36-14-6-2-10-32(36)33-11-3-7-15-37(33)43/h2-27,42,44,46H,1H3. The van der Waals surface area contributed by atoms with E-state index in [-0.39, 0.29) is 0 Å². The highest BCUT2D eigenvalue weighted by Crippen LogP contribution is 2.58. The number of aliphatic hydroxyl groups excluding tert-OH is 1. The molecule has 2 heterocycles. The number of aromatic amines is 1. The van der Waals surface area contributed by atoms with Crippen LogP contribution in [0, 0.1) is 6.92 Å². The van der Waals surface area contributed by atoms with Gasteiger partial charge in [-0.15, -0.1) is 0 Å². The molecular formula is C43H32N2O. The van der Waals surface area contributed by atoms with E-state index in [9.17, 15) is 5.11 Å². The highest BCUT2D eigenvalue weighted by molar-refractivity contribution is 5.98. The molecule has 1 aliphatic rings. The second-order valence-electron chi connectivity index (χ2n) is 12.4. The van der Waals surface area contributed by atoms with Gasteiger partial charge in [0.1, 0.15) is 6.10 Å². The maximum atomic E-state index is 11.2. The fourth-order valence-electron chi connectivity index (χ4n) is 7.79. The Morgan fingerprint density at radius 1 is 0.565 bits per heavy atom. The fourth-order valence-corrected chi connectivity index (χ4v) is 7.79. The van der Waals surface area contributed by atoms with Crippen molar-refractivity contribution in [1.82, 2.24) is 9.55 Å². The molecule has 0 fully saturated rings. The molecule has 3 nitrogen and oxygen atoms in total. The molecule has 1 aliphatic carbocycles. The van der Waals surface area contributed by atoms with Gasteiger partial charge in [-0.05, 0) is 75.7 Å². The van der Waals surface area contributed by atoms with E-state index < -0.39 is 11.5 Å². The molecule has 46 heavy (non-hydrogen) atoms. The molecule has 6 aromatic carbocycles. The van der Waals surface area contributed by atoms with E-state index in [0.717, 1.165) is 27.8 Å². The van der Waals surface area contributed by atoms with Crippen molar-refractivity contribution in [2.45, 2.75) is 18.4 Å². The summed E-state index contributed by atoms with van der Waals surface area (Å²) in [6.45, 7) is 2.06. The molecule has 0 amide bonds. The number of para-hydroxylation sites is 2. The maximum Gasteiger partial charge on any atom is 0.104 e. The van der Waals surface area contributed by atoms with Crippen LogP contribution in [0.15, 0.2) is 158 Å². The first-order chi connectivity index (χ1) is 22.6. The number of rotatable bonds is 5. The molecule has 0 saturated heterocycles. The number of aromatic nitrogens is 2. The van der Waals surface area contributed by atoms with Crippen molar-refractivity contribution in [2.24, 2.45) is 0 Å². The van der Waals surface area contributed by atoms with Crippen LogP contribution in [0.25, 0.3) is 38.6 Å². The predicted octanol–water partition coefficient (Wildman–Crippen LogP) is 9.87. The zero-order valence-corrected chi connectivity index (χ0v) is 25.5. The van der Waals surface area contributed by atoms with E-state index in [1.807, 2.05) is 36.4 Å². The molecule has 0 bridgehead atoms. The SMILES string of the molecule is Cc1ccc(C(O)c2ccc(-n3cc(C4(c5c[nH]c6ccccc56)c5ccccc5-c5ccccc54)c4ccccc43)cc2)cc1. The van der Waals surface area contributed by atoms with E-state index in [2.05, 4.69) is 138 Å². The van der Waals surface area contributed by atoms with E-state index in [0.29, 0.717) is 0 Å². The highest BCUT2D eigenvalue weighted by Gasteiger charge is 2.48. The Kier molecular flexibility index (Phi) is 5.93. The molecular weight excluding hydrogens is 560 g/mol. The minimum Gasteiger partial charge on any atom is -0.384 e. The minimum atomic E-state index is -0.678. The van der Waals surface area contributed by atoms with Crippen molar-refractivity contribution in [3.63, 3.8) is 0 Å². The van der Waals surface area contributed by atoms with Crippen LogP contribution in [0.4, 0.5) is 0 Å². The number of nitrogens with one attached hydrogen (secondary N) is 1. The van der Waals surface area contributed by atoms with Gasteiger partial charge in [0, 0.05) is 34.4 Å². The Balaban J connectivity index is 1.30. The topological polar surface area (TPSA) is 41.0 Å². The van der Waals surface area contributed by atoms with Crippen molar-refractivity contribution < 1.29 is 5.11 Å². The van der Waals surface area contributed by atoms with E-state index in [4.69, 9.17) is 0 Å². The predicted molar refractivity (Wildman–Crippen MR) is 188 cm³/mol. The average Bonchev–Trinajstić information content (AvgIpc) is 3.80. The third-order valence-corrected chi connectivity index (χ3v) is 9.94. The molecule has 0 saturated carbocycles. The van der Waals surface area contributed by atoms with E-state index in [1.165, 1.54) is 49.7 Å². The number of hydrogen-bond donors (Lipinski definition) is 2. The number of H-pyrrole nitrogens is 1. The molecule has 2 aromatic heterocycles. The number of nitrogens with zero attached hydrogens (tertiary/aromatic N) is 1. The zero-order valence-electron chi connectivity index (χ0n) is 25.5. The molecule has 3 heteroatoms.